The number of carbonyl (C=O) groups excluding carboxylic acids is 1. The molecule has 0 spiro atoms. The highest BCUT2D eigenvalue weighted by Gasteiger charge is 2.31. The van der Waals surface area contributed by atoms with E-state index in [9.17, 15) is 9.90 Å². The molecule has 1 amide bonds. The zero-order valence-electron chi connectivity index (χ0n) is 10.8. The van der Waals surface area contributed by atoms with Crippen LogP contribution in [0.4, 0.5) is 5.69 Å². The lowest BCUT2D eigenvalue weighted by molar-refractivity contribution is -0.118. The van der Waals surface area contributed by atoms with Gasteiger partial charge in [-0.1, -0.05) is 19.1 Å². The lowest BCUT2D eigenvalue weighted by Gasteiger charge is -2.26. The number of nitrogens with zero attached hydrogens (tertiary/aromatic N) is 1. The number of rotatable bonds is 3. The van der Waals surface area contributed by atoms with Crippen molar-refractivity contribution in [2.75, 3.05) is 18.1 Å². The van der Waals surface area contributed by atoms with Crippen LogP contribution in [0.3, 0.4) is 0 Å². The summed E-state index contributed by atoms with van der Waals surface area (Å²) < 4.78 is 0. The Labute approximate surface area is 107 Å². The van der Waals surface area contributed by atoms with E-state index in [4.69, 9.17) is 0 Å². The van der Waals surface area contributed by atoms with E-state index in [-0.39, 0.29) is 18.4 Å². The molecule has 18 heavy (non-hydrogen) atoms. The van der Waals surface area contributed by atoms with Gasteiger partial charge in [0.1, 0.15) is 0 Å². The lowest BCUT2D eigenvalue weighted by Crippen LogP contribution is -2.32. The monoisotopic (exact) mass is 245 g/mol. The Bertz CT molecular complexity index is 492. The Kier molecular flexibility index (Phi) is 2.86. The molecular weight excluding hydrogens is 226 g/mol. The number of aliphatic hydroxyl groups is 1. The third-order valence-corrected chi connectivity index (χ3v) is 4.26. The molecule has 3 heteroatoms. The average molecular weight is 245 g/mol. The maximum Gasteiger partial charge on any atom is 0.227 e. The number of benzene rings is 1. The summed E-state index contributed by atoms with van der Waals surface area (Å²) >= 11 is 0. The molecule has 0 saturated heterocycles. The van der Waals surface area contributed by atoms with Crippen LogP contribution in [0.2, 0.25) is 0 Å². The first-order valence-corrected chi connectivity index (χ1v) is 6.81. The molecule has 96 valence electrons. The second-order valence-corrected chi connectivity index (χ2v) is 5.27. The smallest absolute Gasteiger partial charge is 0.227 e. The van der Waals surface area contributed by atoms with Crippen LogP contribution in [-0.2, 0) is 17.6 Å². The van der Waals surface area contributed by atoms with Crippen LogP contribution in [0.1, 0.15) is 42.4 Å². The van der Waals surface area contributed by atoms with Gasteiger partial charge < -0.3 is 10.0 Å². The molecule has 1 N–H and O–H groups in total. The Morgan fingerprint density at radius 2 is 2.00 bits per heavy atom. The fraction of sp³-hybridized carbons (Fsp3) is 0.533. The minimum atomic E-state index is 0.206. The first kappa shape index (κ1) is 11.7. The van der Waals surface area contributed by atoms with Gasteiger partial charge in [-0.05, 0) is 36.0 Å². The standard InChI is InChI=1S/C15H19NO2/c1-2-10(9-17)13-7-11-3-4-14(18)16-6-5-12(8-13)15(11)16/h7-8,10,17H,2-6,9H2,1H3. The van der Waals surface area contributed by atoms with E-state index in [2.05, 4.69) is 19.1 Å². The molecule has 0 fully saturated rings. The number of hydrogen-bond acceptors (Lipinski definition) is 2. The molecule has 1 aromatic carbocycles. The second-order valence-electron chi connectivity index (χ2n) is 5.27. The summed E-state index contributed by atoms with van der Waals surface area (Å²) in [5.74, 6) is 0.501. The molecular formula is C15H19NO2. The third-order valence-electron chi connectivity index (χ3n) is 4.26. The van der Waals surface area contributed by atoms with Crippen LogP contribution < -0.4 is 4.90 Å². The normalized spacial score (nSPS) is 19.0. The first-order chi connectivity index (χ1) is 8.74. The van der Waals surface area contributed by atoms with Crippen LogP contribution in [-0.4, -0.2) is 24.2 Å². The van der Waals surface area contributed by atoms with Gasteiger partial charge in [-0.2, -0.15) is 0 Å². The van der Waals surface area contributed by atoms with E-state index < -0.39 is 0 Å². The molecule has 3 rings (SSSR count). The van der Waals surface area contributed by atoms with E-state index in [0.717, 1.165) is 25.8 Å². The van der Waals surface area contributed by atoms with Crippen molar-refractivity contribution in [2.45, 2.75) is 38.5 Å². The molecule has 1 atom stereocenters. The predicted molar refractivity (Wildman–Crippen MR) is 70.9 cm³/mol. The van der Waals surface area contributed by atoms with Crippen molar-refractivity contribution in [3.05, 3.63) is 28.8 Å². The molecule has 0 radical (unpaired) electrons. The molecule has 2 heterocycles. The lowest BCUT2D eigenvalue weighted by atomic mass is 9.90. The van der Waals surface area contributed by atoms with Gasteiger partial charge in [-0.3, -0.25) is 4.79 Å². The fourth-order valence-electron chi connectivity index (χ4n) is 3.19. The van der Waals surface area contributed by atoms with Gasteiger partial charge in [0.2, 0.25) is 5.91 Å². The van der Waals surface area contributed by atoms with Crippen LogP contribution >= 0.6 is 0 Å². The van der Waals surface area contributed by atoms with Gasteiger partial charge in [-0.15, -0.1) is 0 Å². The highest BCUT2D eigenvalue weighted by atomic mass is 16.3. The van der Waals surface area contributed by atoms with Gasteiger partial charge in [0.15, 0.2) is 0 Å². The van der Waals surface area contributed by atoms with E-state index in [1.54, 1.807) is 0 Å². The minimum absolute atomic E-state index is 0.206. The Balaban J connectivity index is 2.07. The van der Waals surface area contributed by atoms with Crippen molar-refractivity contribution >= 4 is 11.6 Å². The van der Waals surface area contributed by atoms with Gasteiger partial charge in [-0.25, -0.2) is 0 Å². The number of amides is 1. The van der Waals surface area contributed by atoms with Crippen molar-refractivity contribution in [3.63, 3.8) is 0 Å². The van der Waals surface area contributed by atoms with Crippen LogP contribution in [0.15, 0.2) is 12.1 Å². The Hall–Kier alpha value is -1.35. The summed E-state index contributed by atoms with van der Waals surface area (Å²) in [4.78, 5) is 13.8. The summed E-state index contributed by atoms with van der Waals surface area (Å²) in [5.41, 5.74) is 5.00. The maximum atomic E-state index is 11.8. The molecule has 0 aromatic heterocycles. The second kappa shape index (κ2) is 4.39. The topological polar surface area (TPSA) is 40.5 Å². The fourth-order valence-corrected chi connectivity index (χ4v) is 3.19. The van der Waals surface area contributed by atoms with E-state index in [0.29, 0.717) is 6.42 Å². The molecule has 0 saturated carbocycles. The van der Waals surface area contributed by atoms with E-state index in [1.165, 1.54) is 22.4 Å². The number of hydrogen-bond donors (Lipinski definition) is 1. The van der Waals surface area contributed by atoms with Crippen molar-refractivity contribution in [3.8, 4) is 0 Å². The summed E-state index contributed by atoms with van der Waals surface area (Å²) in [6.07, 6.45) is 3.40. The Morgan fingerprint density at radius 1 is 1.28 bits per heavy atom. The molecule has 3 nitrogen and oxygen atoms in total. The average Bonchev–Trinajstić information content (AvgIpc) is 2.81. The van der Waals surface area contributed by atoms with Crippen molar-refractivity contribution in [1.82, 2.24) is 0 Å². The zero-order chi connectivity index (χ0) is 12.7. The minimum Gasteiger partial charge on any atom is -0.396 e. The zero-order valence-corrected chi connectivity index (χ0v) is 10.8. The highest BCUT2D eigenvalue weighted by Crippen LogP contribution is 2.39. The number of anilines is 1. The molecule has 1 unspecified atom stereocenters. The Morgan fingerprint density at radius 3 is 2.67 bits per heavy atom. The maximum absolute atomic E-state index is 11.8. The van der Waals surface area contributed by atoms with Crippen LogP contribution in [0.25, 0.3) is 0 Å². The van der Waals surface area contributed by atoms with E-state index >= 15 is 0 Å². The van der Waals surface area contributed by atoms with Crippen molar-refractivity contribution in [2.24, 2.45) is 0 Å². The SMILES string of the molecule is CCC(CO)c1cc2c3c(c1)CCN3C(=O)CC2. The number of aliphatic hydroxyl groups excluding tert-OH is 1. The summed E-state index contributed by atoms with van der Waals surface area (Å²) in [7, 11) is 0. The van der Waals surface area contributed by atoms with Crippen LogP contribution in [0, 0.1) is 0 Å². The molecule has 2 aliphatic rings. The van der Waals surface area contributed by atoms with E-state index in [1.807, 2.05) is 4.90 Å². The van der Waals surface area contributed by atoms with Gasteiger partial charge in [0, 0.05) is 25.5 Å². The molecule has 0 bridgehead atoms. The highest BCUT2D eigenvalue weighted by molar-refractivity contribution is 5.98. The van der Waals surface area contributed by atoms with Crippen molar-refractivity contribution in [1.29, 1.82) is 0 Å². The number of carbonyl (C=O) groups is 1. The largest absolute Gasteiger partial charge is 0.396 e. The first-order valence-electron chi connectivity index (χ1n) is 6.81. The predicted octanol–water partition coefficient (Wildman–Crippen LogP) is 2.01. The summed E-state index contributed by atoms with van der Waals surface area (Å²) in [5, 5.41) is 9.44. The van der Waals surface area contributed by atoms with Crippen LogP contribution in [0.5, 0.6) is 0 Å². The molecule has 2 aliphatic heterocycles. The third kappa shape index (κ3) is 1.65. The van der Waals surface area contributed by atoms with Crippen molar-refractivity contribution < 1.29 is 9.90 Å². The van der Waals surface area contributed by atoms with Gasteiger partial charge >= 0.3 is 0 Å². The van der Waals surface area contributed by atoms with Gasteiger partial charge in [0.05, 0.1) is 5.69 Å². The number of aryl methyl sites for hydroxylation is 1. The molecule has 1 aromatic rings. The quantitative estimate of drug-likeness (QED) is 0.885. The molecule has 0 aliphatic carbocycles. The summed E-state index contributed by atoms with van der Waals surface area (Å²) in [6.45, 7) is 3.15. The summed E-state index contributed by atoms with van der Waals surface area (Å²) in [6, 6.07) is 4.40. The van der Waals surface area contributed by atoms with Gasteiger partial charge in [0.25, 0.3) is 0 Å².